The van der Waals surface area contributed by atoms with Gasteiger partial charge in [-0.05, 0) is 18.2 Å². The molecule has 5 nitrogen and oxygen atoms in total. The van der Waals surface area contributed by atoms with Crippen molar-refractivity contribution < 1.29 is 22.2 Å². The van der Waals surface area contributed by atoms with Crippen LogP contribution in [0.4, 0.5) is 9.57 Å². The van der Waals surface area contributed by atoms with Crippen LogP contribution in [0.3, 0.4) is 0 Å². The van der Waals surface area contributed by atoms with E-state index in [2.05, 4.69) is 0 Å². The van der Waals surface area contributed by atoms with Crippen LogP contribution in [0.25, 0.3) is 0 Å². The van der Waals surface area contributed by atoms with E-state index in [1.807, 2.05) is 0 Å². The van der Waals surface area contributed by atoms with E-state index in [-0.39, 0.29) is 13.2 Å². The number of hydrogen-bond donors (Lipinski definition) is 1. The van der Waals surface area contributed by atoms with Crippen molar-refractivity contribution in [2.24, 2.45) is 0 Å². The molecule has 0 aliphatic carbocycles. The third-order valence-electron chi connectivity index (χ3n) is 2.99. The Hall–Kier alpha value is -1.18. The monoisotopic (exact) mass is 307 g/mol. The minimum absolute atomic E-state index is 0.258. The zero-order chi connectivity index (χ0) is 14.2. The third kappa shape index (κ3) is 2.88. The second-order valence-electron chi connectivity index (χ2n) is 4.24. The number of rotatable bonds is 3. The van der Waals surface area contributed by atoms with Gasteiger partial charge in [-0.25, -0.2) is 0 Å². The Balaban J connectivity index is 2.36. The maximum absolute atomic E-state index is 12.9. The molecule has 1 fully saturated rings. The van der Waals surface area contributed by atoms with Gasteiger partial charge in [0.25, 0.3) is 0 Å². The summed E-state index contributed by atoms with van der Waals surface area (Å²) in [6, 6.07) is 4.49. The fourth-order valence-electron chi connectivity index (χ4n) is 2.04. The van der Waals surface area contributed by atoms with E-state index in [9.17, 15) is 22.2 Å². The molecule has 1 N–H and O–H groups in total. The molecule has 104 valence electrons. The Kier molecular flexibility index (Phi) is 3.80. The molecular weight excluding hydrogens is 297 g/mol. The molecule has 0 spiro atoms. The summed E-state index contributed by atoms with van der Waals surface area (Å²) in [5.74, 6) is -0.497. The van der Waals surface area contributed by atoms with Gasteiger partial charge in [0.2, 0.25) is 5.91 Å². The Morgan fingerprint density at radius 2 is 2.16 bits per heavy atom. The van der Waals surface area contributed by atoms with Crippen LogP contribution in [0.15, 0.2) is 18.2 Å². The van der Waals surface area contributed by atoms with Gasteiger partial charge in [0, 0.05) is 29.2 Å². The van der Waals surface area contributed by atoms with E-state index in [0.29, 0.717) is 16.3 Å². The molecule has 1 aromatic rings. The lowest BCUT2D eigenvalue weighted by Crippen LogP contribution is -2.27. The fourth-order valence-corrected chi connectivity index (χ4v) is 2.90. The first-order valence-corrected chi connectivity index (χ1v) is 7.28. The number of nitrogens with zero attached hydrogens (tertiary/aromatic N) is 1. The van der Waals surface area contributed by atoms with Crippen LogP contribution in [0.1, 0.15) is 12.0 Å². The summed E-state index contributed by atoms with van der Waals surface area (Å²) in [6.45, 7) is -0.612. The lowest BCUT2D eigenvalue weighted by molar-refractivity contribution is -0.117. The van der Waals surface area contributed by atoms with E-state index in [0.717, 1.165) is 4.90 Å². The molecule has 1 heterocycles. The van der Waals surface area contributed by atoms with Crippen LogP contribution < -0.4 is 4.90 Å². The van der Waals surface area contributed by atoms with E-state index < -0.39 is 27.8 Å². The van der Waals surface area contributed by atoms with Crippen molar-refractivity contribution in [3.8, 4) is 0 Å². The largest absolute Gasteiger partial charge is 0.392 e. The first-order valence-electron chi connectivity index (χ1n) is 5.46. The molecule has 1 aromatic carbocycles. The van der Waals surface area contributed by atoms with E-state index in [1.165, 1.54) is 18.2 Å². The van der Waals surface area contributed by atoms with Gasteiger partial charge in [-0.15, -0.1) is 3.89 Å². The third-order valence-corrected chi connectivity index (χ3v) is 4.34. The molecule has 0 radical (unpaired) electrons. The molecule has 1 aliphatic rings. The zero-order valence-corrected chi connectivity index (χ0v) is 11.3. The van der Waals surface area contributed by atoms with E-state index in [4.69, 9.17) is 11.6 Å². The summed E-state index contributed by atoms with van der Waals surface area (Å²) < 4.78 is 34.6. The van der Waals surface area contributed by atoms with Gasteiger partial charge in [-0.1, -0.05) is 11.6 Å². The van der Waals surface area contributed by atoms with Gasteiger partial charge in [-0.3, -0.25) is 4.79 Å². The van der Waals surface area contributed by atoms with Crippen molar-refractivity contribution in [2.45, 2.75) is 18.3 Å². The molecule has 0 bridgehead atoms. The Bertz CT molecular complexity index is 619. The number of aliphatic hydroxyl groups excluding tert-OH is 1. The zero-order valence-electron chi connectivity index (χ0n) is 9.71. The molecule has 1 amide bonds. The van der Waals surface area contributed by atoms with Crippen LogP contribution in [0.5, 0.6) is 0 Å². The van der Waals surface area contributed by atoms with Crippen LogP contribution in [-0.4, -0.2) is 31.2 Å². The molecular formula is C11H11ClFNO4S. The second-order valence-corrected chi connectivity index (χ2v) is 6.29. The summed E-state index contributed by atoms with van der Waals surface area (Å²) in [5.41, 5.74) is 0.737. The summed E-state index contributed by atoms with van der Waals surface area (Å²) in [5, 5.41) is 8.25. The fraction of sp³-hybridized carbons (Fsp3) is 0.364. The minimum atomic E-state index is -4.76. The Morgan fingerprint density at radius 3 is 2.68 bits per heavy atom. The van der Waals surface area contributed by atoms with Gasteiger partial charge >= 0.3 is 10.2 Å². The molecule has 1 unspecified atom stereocenters. The van der Waals surface area contributed by atoms with Gasteiger partial charge in [0.1, 0.15) is 5.25 Å². The van der Waals surface area contributed by atoms with Crippen molar-refractivity contribution in [2.75, 3.05) is 11.4 Å². The highest BCUT2D eigenvalue weighted by atomic mass is 35.5. The molecule has 2 rings (SSSR count). The minimum Gasteiger partial charge on any atom is -0.392 e. The summed E-state index contributed by atoms with van der Waals surface area (Å²) in [4.78, 5) is 12.9. The molecule has 1 aliphatic heterocycles. The Labute approximate surface area is 114 Å². The molecule has 1 atom stereocenters. The van der Waals surface area contributed by atoms with Crippen molar-refractivity contribution in [3.63, 3.8) is 0 Å². The maximum atomic E-state index is 12.9. The maximum Gasteiger partial charge on any atom is 0.307 e. The number of halogens is 2. The number of carbonyl (C=O) groups excluding carboxylic acids is 1. The number of carbonyl (C=O) groups is 1. The van der Waals surface area contributed by atoms with E-state index in [1.54, 1.807) is 0 Å². The Morgan fingerprint density at radius 1 is 1.47 bits per heavy atom. The highest BCUT2D eigenvalue weighted by Gasteiger charge is 2.39. The predicted octanol–water partition coefficient (Wildman–Crippen LogP) is 1.24. The highest BCUT2D eigenvalue weighted by molar-refractivity contribution is 7.87. The average molecular weight is 308 g/mol. The van der Waals surface area contributed by atoms with Crippen LogP contribution in [0.2, 0.25) is 5.02 Å². The first kappa shape index (κ1) is 14.2. The number of benzene rings is 1. The topological polar surface area (TPSA) is 74.7 Å². The normalized spacial score (nSPS) is 20.1. The van der Waals surface area contributed by atoms with Gasteiger partial charge in [-0.2, -0.15) is 8.42 Å². The van der Waals surface area contributed by atoms with Crippen LogP contribution in [0, 0.1) is 0 Å². The lowest BCUT2D eigenvalue weighted by Gasteiger charge is -2.19. The number of aliphatic hydroxyl groups is 1. The molecule has 0 aromatic heterocycles. The van der Waals surface area contributed by atoms with Gasteiger partial charge in [0.05, 0.1) is 6.61 Å². The van der Waals surface area contributed by atoms with Crippen molar-refractivity contribution >= 4 is 33.4 Å². The summed E-state index contributed by atoms with van der Waals surface area (Å²) >= 11 is 5.77. The molecule has 1 saturated heterocycles. The SMILES string of the molecule is O=C1CC(S(=O)(=O)F)CN1c1ccc(Cl)cc1CO. The summed E-state index contributed by atoms with van der Waals surface area (Å²) in [6.07, 6.45) is -0.396. The standard InChI is InChI=1S/C11H11ClFNO4S/c12-8-1-2-10(7(3-8)6-15)14-5-9(4-11(14)16)19(13,17)18/h1-3,9,15H,4-6H2. The van der Waals surface area contributed by atoms with E-state index >= 15 is 0 Å². The average Bonchev–Trinajstić information content (AvgIpc) is 2.71. The highest BCUT2D eigenvalue weighted by Crippen LogP contribution is 2.30. The number of amides is 1. The molecule has 19 heavy (non-hydrogen) atoms. The van der Waals surface area contributed by atoms with Gasteiger partial charge in [0.15, 0.2) is 0 Å². The first-order chi connectivity index (χ1) is 8.82. The molecule has 0 saturated carbocycles. The van der Waals surface area contributed by atoms with Crippen LogP contribution in [-0.2, 0) is 21.6 Å². The quantitative estimate of drug-likeness (QED) is 0.853. The number of hydrogen-bond acceptors (Lipinski definition) is 4. The lowest BCUT2D eigenvalue weighted by atomic mass is 10.1. The summed E-state index contributed by atoms with van der Waals surface area (Å²) in [7, 11) is -4.76. The van der Waals surface area contributed by atoms with Crippen molar-refractivity contribution in [1.29, 1.82) is 0 Å². The second kappa shape index (κ2) is 5.07. The predicted molar refractivity (Wildman–Crippen MR) is 68.2 cm³/mol. The smallest absolute Gasteiger partial charge is 0.307 e. The van der Waals surface area contributed by atoms with Crippen LogP contribution >= 0.6 is 11.6 Å². The molecule has 8 heteroatoms. The van der Waals surface area contributed by atoms with Crippen molar-refractivity contribution in [1.82, 2.24) is 0 Å². The van der Waals surface area contributed by atoms with Gasteiger partial charge < -0.3 is 10.0 Å². The van der Waals surface area contributed by atoms with Crippen molar-refractivity contribution in [3.05, 3.63) is 28.8 Å². The number of anilines is 1.